The van der Waals surface area contributed by atoms with E-state index >= 15 is 0 Å². The van der Waals surface area contributed by atoms with Gasteiger partial charge >= 0.3 is 0 Å². The SMILES string of the molecule is CC1(C)[C@H]2C[C@@H]3O[C@H]([C@](C)(O)c4ccccc4)OC[C@H]3[C@@H]1C2. The molecule has 3 aliphatic carbocycles. The summed E-state index contributed by atoms with van der Waals surface area (Å²) < 4.78 is 12.2. The number of rotatable bonds is 2. The van der Waals surface area contributed by atoms with E-state index in [0.717, 1.165) is 17.9 Å². The third kappa shape index (κ3) is 1.99. The van der Waals surface area contributed by atoms with Gasteiger partial charge in [-0.25, -0.2) is 0 Å². The molecule has 3 saturated carbocycles. The van der Waals surface area contributed by atoms with E-state index < -0.39 is 11.9 Å². The molecule has 0 aromatic heterocycles. The van der Waals surface area contributed by atoms with Gasteiger partial charge < -0.3 is 14.6 Å². The van der Waals surface area contributed by atoms with Crippen molar-refractivity contribution in [3.05, 3.63) is 35.9 Å². The van der Waals surface area contributed by atoms with Crippen LogP contribution in [-0.4, -0.2) is 24.1 Å². The molecule has 0 amide bonds. The number of hydrogen-bond acceptors (Lipinski definition) is 3. The van der Waals surface area contributed by atoms with Gasteiger partial charge in [0.15, 0.2) is 6.29 Å². The molecule has 6 atom stereocenters. The van der Waals surface area contributed by atoms with Crippen molar-refractivity contribution in [2.75, 3.05) is 6.61 Å². The quantitative estimate of drug-likeness (QED) is 0.911. The van der Waals surface area contributed by atoms with Gasteiger partial charge in [0.2, 0.25) is 0 Å². The second kappa shape index (κ2) is 4.80. The van der Waals surface area contributed by atoms with E-state index in [1.54, 1.807) is 6.92 Å². The predicted molar refractivity (Wildman–Crippen MR) is 84.1 cm³/mol. The van der Waals surface area contributed by atoms with Crippen molar-refractivity contribution in [1.29, 1.82) is 0 Å². The molecular weight excluding hydrogens is 276 g/mol. The Morgan fingerprint density at radius 3 is 2.59 bits per heavy atom. The number of benzene rings is 1. The minimum atomic E-state index is -1.11. The number of ether oxygens (including phenoxy) is 2. The summed E-state index contributed by atoms with van der Waals surface area (Å²) in [4.78, 5) is 0. The molecule has 1 heterocycles. The maximum Gasteiger partial charge on any atom is 0.190 e. The van der Waals surface area contributed by atoms with Crippen molar-refractivity contribution in [1.82, 2.24) is 0 Å². The first-order valence-electron chi connectivity index (χ1n) is 8.45. The van der Waals surface area contributed by atoms with E-state index in [0.29, 0.717) is 23.9 Å². The zero-order chi connectivity index (χ0) is 15.5. The smallest absolute Gasteiger partial charge is 0.190 e. The van der Waals surface area contributed by atoms with Gasteiger partial charge in [-0.1, -0.05) is 44.2 Å². The molecule has 22 heavy (non-hydrogen) atoms. The molecule has 1 aromatic rings. The molecule has 5 rings (SSSR count). The summed E-state index contributed by atoms with van der Waals surface area (Å²) in [7, 11) is 0. The Morgan fingerprint density at radius 2 is 1.91 bits per heavy atom. The van der Waals surface area contributed by atoms with Crippen LogP contribution in [0.4, 0.5) is 0 Å². The van der Waals surface area contributed by atoms with Gasteiger partial charge in [0, 0.05) is 5.92 Å². The molecule has 4 fully saturated rings. The summed E-state index contributed by atoms with van der Waals surface area (Å²) in [6, 6.07) is 9.69. The lowest BCUT2D eigenvalue weighted by Crippen LogP contribution is -2.63. The second-order valence-corrected chi connectivity index (χ2v) is 8.11. The fourth-order valence-electron chi connectivity index (χ4n) is 4.88. The monoisotopic (exact) mass is 302 g/mol. The Hall–Kier alpha value is -0.900. The van der Waals surface area contributed by atoms with Crippen molar-refractivity contribution in [2.45, 2.75) is 51.6 Å². The highest BCUT2D eigenvalue weighted by Crippen LogP contribution is 2.62. The van der Waals surface area contributed by atoms with Crippen LogP contribution >= 0.6 is 0 Å². The van der Waals surface area contributed by atoms with Crippen LogP contribution in [0.25, 0.3) is 0 Å². The van der Waals surface area contributed by atoms with Crippen LogP contribution in [0.3, 0.4) is 0 Å². The molecule has 0 radical (unpaired) electrons. The van der Waals surface area contributed by atoms with Crippen LogP contribution in [0.15, 0.2) is 30.3 Å². The first kappa shape index (κ1) is 14.7. The highest BCUT2D eigenvalue weighted by molar-refractivity contribution is 5.22. The van der Waals surface area contributed by atoms with Gasteiger partial charge in [-0.05, 0) is 42.6 Å². The summed E-state index contributed by atoms with van der Waals surface area (Å²) in [5, 5.41) is 10.9. The summed E-state index contributed by atoms with van der Waals surface area (Å²) in [5.41, 5.74) is 0.172. The van der Waals surface area contributed by atoms with Crippen molar-refractivity contribution < 1.29 is 14.6 Å². The lowest BCUT2D eigenvalue weighted by atomic mass is 9.45. The van der Waals surface area contributed by atoms with E-state index in [4.69, 9.17) is 9.47 Å². The highest BCUT2D eigenvalue weighted by atomic mass is 16.7. The minimum Gasteiger partial charge on any atom is -0.380 e. The van der Waals surface area contributed by atoms with E-state index in [1.165, 1.54) is 6.42 Å². The molecule has 0 unspecified atom stereocenters. The molecule has 120 valence electrons. The van der Waals surface area contributed by atoms with Gasteiger partial charge in [-0.2, -0.15) is 0 Å². The maximum absolute atomic E-state index is 10.9. The van der Waals surface area contributed by atoms with Crippen LogP contribution in [0, 0.1) is 23.2 Å². The standard InChI is InChI=1S/C19H26O3/c1-18(2)13-9-15(18)14-11-21-17(22-16(14)10-13)19(3,20)12-7-5-4-6-8-12/h4-8,13-17,20H,9-11H2,1-3H3/t13-,14+,15+,16+,17-,19-/m1/s1. The van der Waals surface area contributed by atoms with Gasteiger partial charge in [0.1, 0.15) is 5.60 Å². The zero-order valence-electron chi connectivity index (χ0n) is 13.7. The largest absolute Gasteiger partial charge is 0.380 e. The number of hydrogen-bond donors (Lipinski definition) is 1. The van der Waals surface area contributed by atoms with E-state index in [-0.39, 0.29) is 6.10 Å². The molecule has 1 aromatic carbocycles. The van der Waals surface area contributed by atoms with Gasteiger partial charge in [0.25, 0.3) is 0 Å². The molecular formula is C19H26O3. The van der Waals surface area contributed by atoms with Crippen LogP contribution in [0.5, 0.6) is 0 Å². The van der Waals surface area contributed by atoms with Crippen molar-refractivity contribution in [3.8, 4) is 0 Å². The Kier molecular flexibility index (Phi) is 3.20. The Labute approximate surface area is 132 Å². The van der Waals surface area contributed by atoms with Crippen molar-refractivity contribution in [3.63, 3.8) is 0 Å². The first-order chi connectivity index (χ1) is 10.4. The van der Waals surface area contributed by atoms with Gasteiger partial charge in [-0.3, -0.25) is 0 Å². The van der Waals surface area contributed by atoms with Crippen LogP contribution in [-0.2, 0) is 15.1 Å². The van der Waals surface area contributed by atoms with Crippen molar-refractivity contribution >= 4 is 0 Å². The normalized spacial score (nSPS) is 41.9. The summed E-state index contributed by atoms with van der Waals surface area (Å²) in [6.07, 6.45) is 2.10. The minimum absolute atomic E-state index is 0.241. The Bertz CT molecular complexity index is 551. The Balaban J connectivity index is 1.52. The molecule has 1 aliphatic heterocycles. The fraction of sp³-hybridized carbons (Fsp3) is 0.684. The molecule has 1 saturated heterocycles. The average Bonchev–Trinajstić information content (AvgIpc) is 2.54. The molecule has 4 aliphatic rings. The zero-order valence-corrected chi connectivity index (χ0v) is 13.7. The van der Waals surface area contributed by atoms with Gasteiger partial charge in [-0.15, -0.1) is 0 Å². The topological polar surface area (TPSA) is 38.7 Å². The highest BCUT2D eigenvalue weighted by Gasteiger charge is 2.60. The van der Waals surface area contributed by atoms with E-state index in [2.05, 4.69) is 13.8 Å². The molecule has 2 bridgehead atoms. The van der Waals surface area contributed by atoms with Crippen LogP contribution < -0.4 is 0 Å². The molecule has 1 N–H and O–H groups in total. The second-order valence-electron chi connectivity index (χ2n) is 8.11. The fourth-order valence-corrected chi connectivity index (χ4v) is 4.88. The predicted octanol–water partition coefficient (Wildman–Crippen LogP) is 3.32. The lowest BCUT2D eigenvalue weighted by Gasteiger charge is -2.64. The number of aliphatic hydroxyl groups is 1. The van der Waals surface area contributed by atoms with Crippen LogP contribution in [0.1, 0.15) is 39.2 Å². The third-order valence-corrected chi connectivity index (χ3v) is 6.61. The van der Waals surface area contributed by atoms with E-state index in [1.807, 2.05) is 30.3 Å². The third-order valence-electron chi connectivity index (χ3n) is 6.61. The van der Waals surface area contributed by atoms with Crippen molar-refractivity contribution in [2.24, 2.45) is 23.2 Å². The molecule has 3 nitrogen and oxygen atoms in total. The summed E-state index contributed by atoms with van der Waals surface area (Å²) >= 11 is 0. The average molecular weight is 302 g/mol. The Morgan fingerprint density at radius 1 is 1.18 bits per heavy atom. The molecule has 0 spiro atoms. The van der Waals surface area contributed by atoms with E-state index in [9.17, 15) is 5.11 Å². The summed E-state index contributed by atoms with van der Waals surface area (Å²) in [6.45, 7) is 7.27. The summed E-state index contributed by atoms with van der Waals surface area (Å²) in [5.74, 6) is 1.96. The van der Waals surface area contributed by atoms with Gasteiger partial charge in [0.05, 0.1) is 12.7 Å². The maximum atomic E-state index is 10.9. The first-order valence-corrected chi connectivity index (χ1v) is 8.45. The lowest BCUT2D eigenvalue weighted by molar-refractivity contribution is -0.337. The van der Waals surface area contributed by atoms with Crippen LogP contribution in [0.2, 0.25) is 0 Å². The molecule has 3 heteroatoms.